The molecule has 1 heterocycles. The Hall–Kier alpha value is -2.00. The molecule has 2 aromatic carbocycles. The maximum Gasteiger partial charge on any atom is 0.122 e. The highest BCUT2D eigenvalue weighted by atomic mass is 16.5. The van der Waals surface area contributed by atoms with E-state index in [-0.39, 0.29) is 0 Å². The Balaban J connectivity index is 1.53. The van der Waals surface area contributed by atoms with Crippen LogP contribution in [0.25, 0.3) is 0 Å². The van der Waals surface area contributed by atoms with Crippen LogP contribution in [0, 0.1) is 6.92 Å². The zero-order valence-corrected chi connectivity index (χ0v) is 12.4. The number of hydrogen-bond acceptors (Lipinski definition) is 3. The second-order valence-electron chi connectivity index (χ2n) is 5.59. The van der Waals surface area contributed by atoms with Crippen LogP contribution in [0.2, 0.25) is 0 Å². The van der Waals surface area contributed by atoms with E-state index < -0.39 is 0 Å². The first-order chi connectivity index (χ1) is 10.2. The van der Waals surface area contributed by atoms with Gasteiger partial charge in [0.1, 0.15) is 18.1 Å². The van der Waals surface area contributed by atoms with E-state index in [1.807, 2.05) is 30.3 Å². The molecule has 3 heteroatoms. The Kier molecular flexibility index (Phi) is 4.11. The van der Waals surface area contributed by atoms with Gasteiger partial charge >= 0.3 is 0 Å². The Morgan fingerprint density at radius 3 is 2.86 bits per heavy atom. The molecule has 21 heavy (non-hydrogen) atoms. The van der Waals surface area contributed by atoms with Gasteiger partial charge in [-0.05, 0) is 48.2 Å². The summed E-state index contributed by atoms with van der Waals surface area (Å²) in [6, 6.07) is 13.8. The largest absolute Gasteiger partial charge is 0.508 e. The van der Waals surface area contributed by atoms with Gasteiger partial charge in [-0.2, -0.15) is 0 Å². The normalized spacial score (nSPS) is 14.7. The summed E-state index contributed by atoms with van der Waals surface area (Å²) in [5.74, 6) is 1.34. The van der Waals surface area contributed by atoms with Crippen LogP contribution in [0.3, 0.4) is 0 Å². The fraction of sp³-hybridized carbons (Fsp3) is 0.333. The first-order valence-corrected chi connectivity index (χ1v) is 7.44. The summed E-state index contributed by atoms with van der Waals surface area (Å²) >= 11 is 0. The SMILES string of the molecule is Cc1ccccc1OCCN1CCc2cc(O)ccc2C1. The molecule has 0 saturated carbocycles. The van der Waals surface area contributed by atoms with Gasteiger partial charge in [0, 0.05) is 19.6 Å². The predicted octanol–water partition coefficient (Wildman–Crippen LogP) is 3.14. The third kappa shape index (κ3) is 3.37. The molecule has 1 N–H and O–H groups in total. The zero-order chi connectivity index (χ0) is 14.7. The molecule has 2 aromatic rings. The minimum absolute atomic E-state index is 0.366. The van der Waals surface area contributed by atoms with Gasteiger partial charge in [-0.25, -0.2) is 0 Å². The van der Waals surface area contributed by atoms with Crippen LogP contribution < -0.4 is 4.74 Å². The zero-order valence-electron chi connectivity index (χ0n) is 12.4. The number of phenolic OH excluding ortho intramolecular Hbond substituents is 1. The molecule has 0 saturated heterocycles. The van der Waals surface area contributed by atoms with E-state index in [9.17, 15) is 5.11 Å². The average molecular weight is 283 g/mol. The predicted molar refractivity (Wildman–Crippen MR) is 83.8 cm³/mol. The summed E-state index contributed by atoms with van der Waals surface area (Å²) in [6.45, 7) is 5.66. The van der Waals surface area contributed by atoms with Crippen molar-refractivity contribution in [2.24, 2.45) is 0 Å². The second kappa shape index (κ2) is 6.19. The summed E-state index contributed by atoms with van der Waals surface area (Å²) in [7, 11) is 0. The van der Waals surface area contributed by atoms with Crippen LogP contribution in [-0.4, -0.2) is 29.7 Å². The van der Waals surface area contributed by atoms with Gasteiger partial charge in [0.25, 0.3) is 0 Å². The molecule has 0 spiro atoms. The summed E-state index contributed by atoms with van der Waals surface area (Å²) in [5, 5.41) is 9.51. The molecule has 1 aliphatic heterocycles. The van der Waals surface area contributed by atoms with Crippen molar-refractivity contribution in [3.05, 3.63) is 59.2 Å². The number of para-hydroxylation sites is 1. The lowest BCUT2D eigenvalue weighted by atomic mass is 9.99. The Labute approximate surface area is 125 Å². The Morgan fingerprint density at radius 1 is 1.14 bits per heavy atom. The van der Waals surface area contributed by atoms with E-state index in [1.165, 1.54) is 16.7 Å². The molecule has 3 nitrogen and oxygen atoms in total. The van der Waals surface area contributed by atoms with Crippen LogP contribution in [-0.2, 0) is 13.0 Å². The number of rotatable bonds is 4. The van der Waals surface area contributed by atoms with Crippen molar-refractivity contribution < 1.29 is 9.84 Å². The third-order valence-electron chi connectivity index (χ3n) is 4.04. The average Bonchev–Trinajstić information content (AvgIpc) is 2.49. The van der Waals surface area contributed by atoms with Crippen LogP contribution in [0.4, 0.5) is 0 Å². The van der Waals surface area contributed by atoms with Crippen molar-refractivity contribution in [3.8, 4) is 11.5 Å². The van der Waals surface area contributed by atoms with Gasteiger partial charge in [0.05, 0.1) is 0 Å². The topological polar surface area (TPSA) is 32.7 Å². The molecule has 0 fully saturated rings. The molecule has 0 bridgehead atoms. The molecule has 0 atom stereocenters. The minimum Gasteiger partial charge on any atom is -0.508 e. The molecule has 3 rings (SSSR count). The number of hydrogen-bond donors (Lipinski definition) is 1. The fourth-order valence-corrected chi connectivity index (χ4v) is 2.79. The number of nitrogens with zero attached hydrogens (tertiary/aromatic N) is 1. The molecular weight excluding hydrogens is 262 g/mol. The van der Waals surface area contributed by atoms with Crippen molar-refractivity contribution in [3.63, 3.8) is 0 Å². The number of phenols is 1. The summed E-state index contributed by atoms with van der Waals surface area (Å²) < 4.78 is 5.86. The Bertz CT molecular complexity index is 624. The van der Waals surface area contributed by atoms with Gasteiger partial charge < -0.3 is 9.84 Å². The summed E-state index contributed by atoms with van der Waals surface area (Å²) in [5.41, 5.74) is 3.76. The molecule has 0 unspecified atom stereocenters. The maximum absolute atomic E-state index is 9.51. The van der Waals surface area contributed by atoms with Crippen LogP contribution in [0.1, 0.15) is 16.7 Å². The summed E-state index contributed by atoms with van der Waals surface area (Å²) in [6.07, 6.45) is 0.994. The maximum atomic E-state index is 9.51. The van der Waals surface area contributed by atoms with Gasteiger partial charge in [-0.15, -0.1) is 0 Å². The molecule has 1 aliphatic rings. The Morgan fingerprint density at radius 2 is 2.00 bits per heavy atom. The first kappa shape index (κ1) is 14.0. The van der Waals surface area contributed by atoms with E-state index in [0.717, 1.165) is 31.8 Å². The number of aromatic hydroxyl groups is 1. The lowest BCUT2D eigenvalue weighted by Crippen LogP contribution is -2.33. The van der Waals surface area contributed by atoms with Crippen molar-refractivity contribution in [2.45, 2.75) is 19.9 Å². The van der Waals surface area contributed by atoms with E-state index in [0.29, 0.717) is 12.4 Å². The summed E-state index contributed by atoms with van der Waals surface area (Å²) in [4.78, 5) is 2.40. The lowest BCUT2D eigenvalue weighted by molar-refractivity contribution is 0.195. The fourth-order valence-electron chi connectivity index (χ4n) is 2.79. The second-order valence-corrected chi connectivity index (χ2v) is 5.59. The quantitative estimate of drug-likeness (QED) is 0.935. The highest BCUT2D eigenvalue weighted by Crippen LogP contribution is 2.23. The van der Waals surface area contributed by atoms with Crippen molar-refractivity contribution in [2.75, 3.05) is 19.7 Å². The standard InChI is InChI=1S/C18H21NO2/c1-14-4-2-3-5-18(14)21-11-10-19-9-8-15-12-17(20)7-6-16(15)13-19/h2-7,12,20H,8-11,13H2,1H3. The van der Waals surface area contributed by atoms with E-state index >= 15 is 0 Å². The highest BCUT2D eigenvalue weighted by molar-refractivity contribution is 5.36. The van der Waals surface area contributed by atoms with E-state index in [2.05, 4.69) is 17.9 Å². The third-order valence-corrected chi connectivity index (χ3v) is 4.04. The van der Waals surface area contributed by atoms with Crippen LogP contribution in [0.15, 0.2) is 42.5 Å². The molecule has 0 radical (unpaired) electrons. The van der Waals surface area contributed by atoms with Crippen molar-refractivity contribution in [1.29, 1.82) is 0 Å². The minimum atomic E-state index is 0.366. The number of benzene rings is 2. The van der Waals surface area contributed by atoms with Crippen LogP contribution in [0.5, 0.6) is 11.5 Å². The van der Waals surface area contributed by atoms with E-state index in [1.54, 1.807) is 6.07 Å². The highest BCUT2D eigenvalue weighted by Gasteiger charge is 2.16. The molecule has 0 aromatic heterocycles. The van der Waals surface area contributed by atoms with E-state index in [4.69, 9.17) is 4.74 Å². The van der Waals surface area contributed by atoms with Gasteiger partial charge in [-0.1, -0.05) is 24.3 Å². The van der Waals surface area contributed by atoms with Gasteiger partial charge in [0.15, 0.2) is 0 Å². The number of aryl methyl sites for hydroxylation is 1. The van der Waals surface area contributed by atoms with Crippen molar-refractivity contribution in [1.82, 2.24) is 4.90 Å². The van der Waals surface area contributed by atoms with Gasteiger partial charge in [-0.3, -0.25) is 4.90 Å². The smallest absolute Gasteiger partial charge is 0.122 e. The first-order valence-electron chi connectivity index (χ1n) is 7.44. The number of ether oxygens (including phenoxy) is 1. The molecule has 0 aliphatic carbocycles. The number of fused-ring (bicyclic) bond motifs is 1. The van der Waals surface area contributed by atoms with Gasteiger partial charge in [0.2, 0.25) is 0 Å². The van der Waals surface area contributed by atoms with Crippen molar-refractivity contribution >= 4 is 0 Å². The van der Waals surface area contributed by atoms with Crippen LogP contribution >= 0.6 is 0 Å². The molecule has 0 amide bonds. The lowest BCUT2D eigenvalue weighted by Gasteiger charge is -2.28. The molecular formula is C18H21NO2. The molecule has 110 valence electrons. The monoisotopic (exact) mass is 283 g/mol.